The van der Waals surface area contributed by atoms with Gasteiger partial charge in [0, 0.05) is 66.8 Å². The zero-order valence-electron chi connectivity index (χ0n) is 28.2. The Morgan fingerprint density at radius 1 is 1.00 bits per heavy atom. The zero-order valence-corrected chi connectivity index (χ0v) is 28.2. The van der Waals surface area contributed by atoms with E-state index in [1.165, 1.54) is 34.2 Å². The Labute approximate surface area is 284 Å². The molecule has 2 aromatic heterocycles. The molecular formula is C36H35N5O9. The van der Waals surface area contributed by atoms with E-state index in [1.807, 2.05) is 0 Å². The highest BCUT2D eigenvalue weighted by atomic mass is 16.5. The number of fused-ring (bicyclic) bond motifs is 4. The van der Waals surface area contributed by atoms with Gasteiger partial charge in [0.1, 0.15) is 5.69 Å². The molecule has 0 spiro atoms. The van der Waals surface area contributed by atoms with Crippen molar-refractivity contribution in [2.24, 2.45) is 7.05 Å². The van der Waals surface area contributed by atoms with E-state index in [1.54, 1.807) is 57.3 Å². The minimum atomic E-state index is -0.871. The minimum Gasteiger partial charge on any atom is -0.504 e. The van der Waals surface area contributed by atoms with Gasteiger partial charge in [-0.1, -0.05) is 18.2 Å². The molecule has 0 saturated heterocycles. The summed E-state index contributed by atoms with van der Waals surface area (Å²) >= 11 is 0. The molecule has 50 heavy (non-hydrogen) atoms. The molecule has 0 bridgehead atoms. The molecule has 3 aliphatic rings. The highest BCUT2D eigenvalue weighted by Gasteiger charge is 2.45. The van der Waals surface area contributed by atoms with Crippen molar-refractivity contribution in [3.05, 3.63) is 107 Å². The van der Waals surface area contributed by atoms with Crippen molar-refractivity contribution in [3.63, 3.8) is 0 Å². The van der Waals surface area contributed by atoms with E-state index in [0.717, 1.165) is 4.57 Å². The number of carbonyl (C=O) groups is 2. The molecule has 258 valence electrons. The number of aromatic hydroxyl groups is 1. The van der Waals surface area contributed by atoms with Crippen molar-refractivity contribution < 1.29 is 28.9 Å². The summed E-state index contributed by atoms with van der Waals surface area (Å²) < 4.78 is 21.5. The Morgan fingerprint density at radius 2 is 1.74 bits per heavy atom. The lowest BCUT2D eigenvalue weighted by molar-refractivity contribution is -0.116. The molecule has 7 rings (SSSR count). The largest absolute Gasteiger partial charge is 0.504 e. The maximum Gasteiger partial charge on any atom is 0.347 e. The van der Waals surface area contributed by atoms with Gasteiger partial charge < -0.3 is 23.9 Å². The van der Waals surface area contributed by atoms with Crippen LogP contribution in [0.2, 0.25) is 0 Å². The van der Waals surface area contributed by atoms with Gasteiger partial charge in [-0.15, -0.1) is 0 Å². The number of para-hydroxylation sites is 1. The number of carbonyl (C=O) groups excluding carboxylic acids is 2. The molecule has 1 N–H and O–H groups in total. The van der Waals surface area contributed by atoms with Crippen LogP contribution in [0.1, 0.15) is 43.5 Å². The molecule has 14 heteroatoms. The van der Waals surface area contributed by atoms with Gasteiger partial charge in [-0.2, -0.15) is 0 Å². The number of hydrogen-bond acceptors (Lipinski definition) is 10. The Bertz CT molecular complexity index is 2420. The number of aryl methyl sites for hydroxylation is 2. The van der Waals surface area contributed by atoms with Gasteiger partial charge in [0.05, 0.1) is 44.4 Å². The standard InChI is InChI=1S/C36H35N5O9/c1-6-50-27-9-7-8-20(33(27)44)30-19-10-13-40-35(46)39(36(47)41(40)24(19)15-21-26(42)14-18(2)32(43)31(21)30)12-11-22-34(45)38(3)25-17-29(49-5)28(48-4)16-23(25)37-22/h7-10,14,16-17,24,30,44H,6,11-13,15H2,1-5H3/t24-,30-/m1/s1. The van der Waals surface area contributed by atoms with Crippen LogP contribution in [0.15, 0.2) is 79.2 Å². The maximum absolute atomic E-state index is 14.1. The first kappa shape index (κ1) is 32.6. The maximum atomic E-state index is 14.1. The fourth-order valence-corrected chi connectivity index (χ4v) is 7.36. The van der Waals surface area contributed by atoms with Gasteiger partial charge >= 0.3 is 11.4 Å². The molecule has 0 fully saturated rings. The van der Waals surface area contributed by atoms with Gasteiger partial charge in [-0.25, -0.2) is 28.5 Å². The van der Waals surface area contributed by atoms with Crippen LogP contribution in [0.4, 0.5) is 0 Å². The lowest BCUT2D eigenvalue weighted by Gasteiger charge is -2.39. The first-order valence-electron chi connectivity index (χ1n) is 16.2. The van der Waals surface area contributed by atoms with Gasteiger partial charge in [0.2, 0.25) is 0 Å². The van der Waals surface area contributed by atoms with Crippen LogP contribution in [0.25, 0.3) is 11.0 Å². The molecule has 1 aliphatic heterocycles. The Hall–Kier alpha value is -5.92. The lowest BCUT2D eigenvalue weighted by Crippen LogP contribution is -2.40. The highest BCUT2D eigenvalue weighted by molar-refractivity contribution is 6.23. The summed E-state index contributed by atoms with van der Waals surface area (Å²) in [5.41, 5.74) is 1.24. The smallest absolute Gasteiger partial charge is 0.347 e. The van der Waals surface area contributed by atoms with Crippen LogP contribution < -0.4 is 31.1 Å². The summed E-state index contributed by atoms with van der Waals surface area (Å²) in [6, 6.07) is 7.48. The number of nitrogens with zero attached hydrogens (tertiary/aromatic N) is 5. The van der Waals surface area contributed by atoms with E-state index in [0.29, 0.717) is 40.3 Å². The third-order valence-corrected chi connectivity index (χ3v) is 9.77. The topological polar surface area (TPSA) is 166 Å². The summed E-state index contributed by atoms with van der Waals surface area (Å²) in [5.74, 6) is -0.636. The van der Waals surface area contributed by atoms with Crippen molar-refractivity contribution in [1.29, 1.82) is 0 Å². The first-order chi connectivity index (χ1) is 24.0. The number of phenols is 1. The molecule has 0 unspecified atom stereocenters. The first-order valence-corrected chi connectivity index (χ1v) is 16.2. The number of allylic oxidation sites excluding steroid dienone is 6. The molecular weight excluding hydrogens is 646 g/mol. The van der Waals surface area contributed by atoms with Crippen molar-refractivity contribution >= 4 is 22.6 Å². The molecule has 2 aliphatic carbocycles. The van der Waals surface area contributed by atoms with E-state index >= 15 is 0 Å². The van der Waals surface area contributed by atoms with Crippen LogP contribution in [0, 0.1) is 0 Å². The van der Waals surface area contributed by atoms with E-state index in [-0.39, 0.29) is 71.4 Å². The van der Waals surface area contributed by atoms with Crippen LogP contribution in [0.3, 0.4) is 0 Å². The van der Waals surface area contributed by atoms with E-state index in [2.05, 4.69) is 4.98 Å². The monoisotopic (exact) mass is 681 g/mol. The fourth-order valence-electron chi connectivity index (χ4n) is 7.36. The van der Waals surface area contributed by atoms with Crippen molar-refractivity contribution in [2.45, 2.75) is 51.7 Å². The van der Waals surface area contributed by atoms with Gasteiger partial charge in [-0.05, 0) is 31.6 Å². The second-order valence-corrected chi connectivity index (χ2v) is 12.4. The Kier molecular flexibility index (Phi) is 7.96. The zero-order chi connectivity index (χ0) is 35.6. The molecule has 2 aromatic carbocycles. The number of hydrogen-bond donors (Lipinski definition) is 1. The average Bonchev–Trinajstić information content (AvgIpc) is 3.36. The van der Waals surface area contributed by atoms with Crippen LogP contribution >= 0.6 is 0 Å². The van der Waals surface area contributed by atoms with Crippen LogP contribution in [-0.4, -0.2) is 61.0 Å². The number of benzene rings is 2. The highest BCUT2D eigenvalue weighted by Crippen LogP contribution is 2.52. The van der Waals surface area contributed by atoms with Gasteiger partial charge in [-0.3, -0.25) is 14.4 Å². The molecule has 0 radical (unpaired) electrons. The van der Waals surface area contributed by atoms with Crippen LogP contribution in [0.5, 0.6) is 23.0 Å². The molecule has 0 saturated carbocycles. The number of methoxy groups -OCH3 is 2. The molecule has 2 atom stereocenters. The Morgan fingerprint density at radius 3 is 2.46 bits per heavy atom. The van der Waals surface area contributed by atoms with E-state index in [9.17, 15) is 29.1 Å². The SMILES string of the molecule is CCOc1cccc([C@H]2C3=CCn4c(=O)n(CCc5nc6cc(OC)c(OC)cc6n(C)c5=O)c(=O)n4[C@@H]3CC3=C2C(=O)C(C)=CC3=O)c1O. The number of ketones is 2. The predicted molar refractivity (Wildman–Crippen MR) is 181 cm³/mol. The molecule has 0 amide bonds. The molecule has 3 heterocycles. The second-order valence-electron chi connectivity index (χ2n) is 12.4. The lowest BCUT2D eigenvalue weighted by atomic mass is 9.67. The number of Topliss-reactive ketones (excluding diaryl/α,β-unsaturated/α-hetero) is 1. The third-order valence-electron chi connectivity index (χ3n) is 9.77. The van der Waals surface area contributed by atoms with E-state index < -0.39 is 28.9 Å². The average molecular weight is 682 g/mol. The number of rotatable bonds is 8. The minimum absolute atomic E-state index is 0.000634. The molecule has 14 nitrogen and oxygen atoms in total. The third kappa shape index (κ3) is 4.84. The predicted octanol–water partition coefficient (Wildman–Crippen LogP) is 2.49. The Balaban J connectivity index is 1.30. The quantitative estimate of drug-likeness (QED) is 0.216. The molecule has 4 aromatic rings. The van der Waals surface area contributed by atoms with Gasteiger partial charge in [0.15, 0.2) is 34.6 Å². The number of aromatic nitrogens is 5. The summed E-state index contributed by atoms with van der Waals surface area (Å²) in [7, 11) is 4.59. The second kappa shape index (κ2) is 12.2. The van der Waals surface area contributed by atoms with Crippen LogP contribution in [-0.2, 0) is 36.1 Å². The normalized spacial score (nSPS) is 18.3. The summed E-state index contributed by atoms with van der Waals surface area (Å²) in [4.78, 5) is 72.9. The van der Waals surface area contributed by atoms with Crippen molar-refractivity contribution in [2.75, 3.05) is 20.8 Å². The number of ether oxygens (including phenoxy) is 3. The number of phenolic OH excluding ortho intramolecular Hbond substituents is 1. The summed E-state index contributed by atoms with van der Waals surface area (Å²) in [6.07, 6.45) is 3.05. The summed E-state index contributed by atoms with van der Waals surface area (Å²) in [5, 5.41) is 11.4. The summed E-state index contributed by atoms with van der Waals surface area (Å²) in [6.45, 7) is 3.52. The van der Waals surface area contributed by atoms with Gasteiger partial charge in [0.25, 0.3) is 5.56 Å². The fraction of sp³-hybridized carbons (Fsp3) is 0.333. The van der Waals surface area contributed by atoms with Crippen molar-refractivity contribution in [1.82, 2.24) is 23.5 Å². The van der Waals surface area contributed by atoms with Crippen molar-refractivity contribution in [3.8, 4) is 23.0 Å². The van der Waals surface area contributed by atoms with E-state index in [4.69, 9.17) is 14.2 Å².